The summed E-state index contributed by atoms with van der Waals surface area (Å²) in [5.74, 6) is 0.361. The number of amides is 2. The van der Waals surface area contributed by atoms with Crippen LogP contribution in [0.4, 0.5) is 0 Å². The van der Waals surface area contributed by atoms with Crippen LogP contribution in [0.15, 0.2) is 6.07 Å². The van der Waals surface area contributed by atoms with Gasteiger partial charge in [-0.25, -0.2) is 0 Å². The first-order valence-corrected chi connectivity index (χ1v) is 9.69. The lowest BCUT2D eigenvalue weighted by molar-refractivity contribution is -0.145. The van der Waals surface area contributed by atoms with Crippen LogP contribution in [0.1, 0.15) is 61.3 Å². The highest BCUT2D eigenvalue weighted by Gasteiger charge is 2.49. The molecule has 25 heavy (non-hydrogen) atoms. The molecule has 5 heteroatoms. The molecule has 1 atom stereocenters. The minimum atomic E-state index is -0.334. The number of carbonyl (C=O) groups is 2. The Balaban J connectivity index is 1.78. The van der Waals surface area contributed by atoms with E-state index in [4.69, 9.17) is 0 Å². The molecule has 2 aliphatic heterocycles. The molecule has 0 radical (unpaired) electrons. The molecule has 0 unspecified atom stereocenters. The Bertz CT molecular complexity index is 677. The summed E-state index contributed by atoms with van der Waals surface area (Å²) >= 11 is 0. The third-order valence-corrected chi connectivity index (χ3v) is 6.08. The summed E-state index contributed by atoms with van der Waals surface area (Å²) < 4.78 is 2.17. The van der Waals surface area contributed by atoms with Gasteiger partial charge in [0.15, 0.2) is 0 Å². The summed E-state index contributed by atoms with van der Waals surface area (Å²) in [7, 11) is 0. The lowest BCUT2D eigenvalue weighted by Gasteiger charge is -2.39. The molecule has 5 nitrogen and oxygen atoms in total. The first kappa shape index (κ1) is 18.0. The van der Waals surface area contributed by atoms with Gasteiger partial charge in [-0.05, 0) is 52.5 Å². The fourth-order valence-corrected chi connectivity index (χ4v) is 4.73. The zero-order valence-corrected chi connectivity index (χ0v) is 16.1. The summed E-state index contributed by atoms with van der Waals surface area (Å²) in [5.41, 5.74) is 2.62. The number of piperidine rings is 1. The van der Waals surface area contributed by atoms with Gasteiger partial charge in [0.05, 0.1) is 11.0 Å². The quantitative estimate of drug-likeness (QED) is 0.842. The molecule has 138 valence electrons. The highest BCUT2D eigenvalue weighted by molar-refractivity contribution is 5.97. The first-order chi connectivity index (χ1) is 11.9. The predicted octanol–water partition coefficient (Wildman–Crippen LogP) is 2.99. The Kier molecular flexibility index (Phi) is 4.94. The zero-order valence-electron chi connectivity index (χ0n) is 16.1. The summed E-state index contributed by atoms with van der Waals surface area (Å²) in [6, 6.07) is 2.00. The minimum absolute atomic E-state index is 0.0880. The van der Waals surface area contributed by atoms with Crippen LogP contribution >= 0.6 is 0 Å². The van der Waals surface area contributed by atoms with E-state index in [1.807, 2.05) is 29.7 Å². The molecule has 3 heterocycles. The molecule has 1 spiro atoms. The molecular formula is C20H31N3O2. The number of carbonyl (C=O) groups excluding carboxylic acids is 2. The molecule has 0 aliphatic carbocycles. The van der Waals surface area contributed by atoms with Gasteiger partial charge in [-0.15, -0.1) is 0 Å². The largest absolute Gasteiger partial charge is 0.349 e. The minimum Gasteiger partial charge on any atom is -0.349 e. The van der Waals surface area contributed by atoms with Gasteiger partial charge in [-0.3, -0.25) is 9.59 Å². The van der Waals surface area contributed by atoms with Crippen molar-refractivity contribution in [3.8, 4) is 0 Å². The number of nitrogens with zero attached hydrogens (tertiary/aromatic N) is 3. The van der Waals surface area contributed by atoms with Crippen molar-refractivity contribution >= 4 is 11.8 Å². The Morgan fingerprint density at radius 2 is 1.96 bits per heavy atom. The van der Waals surface area contributed by atoms with Crippen molar-refractivity contribution in [2.45, 2.75) is 59.9 Å². The van der Waals surface area contributed by atoms with Gasteiger partial charge in [0.25, 0.3) is 5.91 Å². The second-order valence-corrected chi connectivity index (χ2v) is 7.68. The number of hydrogen-bond donors (Lipinski definition) is 0. The van der Waals surface area contributed by atoms with Crippen LogP contribution in [0.5, 0.6) is 0 Å². The molecular weight excluding hydrogens is 314 g/mol. The van der Waals surface area contributed by atoms with E-state index in [-0.39, 0.29) is 17.2 Å². The Labute approximate surface area is 151 Å². The Morgan fingerprint density at radius 3 is 2.60 bits per heavy atom. The summed E-state index contributed by atoms with van der Waals surface area (Å²) in [4.78, 5) is 30.0. The lowest BCUT2D eigenvalue weighted by Crippen LogP contribution is -2.50. The number of likely N-dealkylation sites (tertiary alicyclic amines) is 2. The lowest BCUT2D eigenvalue weighted by atomic mass is 9.78. The molecule has 2 saturated heterocycles. The van der Waals surface area contributed by atoms with Crippen LogP contribution in [-0.2, 0) is 11.3 Å². The maximum Gasteiger partial charge on any atom is 0.255 e. The number of rotatable bonds is 4. The maximum absolute atomic E-state index is 13.1. The van der Waals surface area contributed by atoms with Gasteiger partial charge >= 0.3 is 0 Å². The van der Waals surface area contributed by atoms with Crippen molar-refractivity contribution in [3.63, 3.8) is 0 Å². The average Bonchev–Trinajstić information content (AvgIpc) is 3.14. The molecule has 0 aromatic carbocycles. The first-order valence-electron chi connectivity index (χ1n) is 9.69. The van der Waals surface area contributed by atoms with E-state index in [9.17, 15) is 9.59 Å². The number of aryl methyl sites for hydroxylation is 1. The van der Waals surface area contributed by atoms with Gasteiger partial charge in [-0.1, -0.05) is 6.92 Å². The van der Waals surface area contributed by atoms with Crippen LogP contribution in [-0.4, -0.2) is 52.4 Å². The molecule has 1 aromatic heterocycles. The molecule has 1 aromatic rings. The molecule has 2 aliphatic rings. The fourth-order valence-electron chi connectivity index (χ4n) is 4.73. The summed E-state index contributed by atoms with van der Waals surface area (Å²) in [6.45, 7) is 12.1. The van der Waals surface area contributed by atoms with Crippen molar-refractivity contribution < 1.29 is 9.59 Å². The van der Waals surface area contributed by atoms with Crippen molar-refractivity contribution in [3.05, 3.63) is 23.0 Å². The van der Waals surface area contributed by atoms with Crippen molar-refractivity contribution in [2.24, 2.45) is 5.41 Å². The van der Waals surface area contributed by atoms with Crippen molar-refractivity contribution in [2.75, 3.05) is 26.2 Å². The summed E-state index contributed by atoms with van der Waals surface area (Å²) in [5, 5.41) is 0. The average molecular weight is 345 g/mol. The predicted molar refractivity (Wildman–Crippen MR) is 98.6 cm³/mol. The van der Waals surface area contributed by atoms with Gasteiger partial charge < -0.3 is 14.4 Å². The van der Waals surface area contributed by atoms with Crippen molar-refractivity contribution in [1.29, 1.82) is 0 Å². The van der Waals surface area contributed by atoms with Gasteiger partial charge in [0.2, 0.25) is 5.91 Å². The van der Waals surface area contributed by atoms with Crippen molar-refractivity contribution in [1.82, 2.24) is 14.4 Å². The van der Waals surface area contributed by atoms with E-state index in [1.54, 1.807) is 0 Å². The fraction of sp³-hybridized carbons (Fsp3) is 0.700. The second kappa shape index (κ2) is 6.85. The SMILES string of the molecule is CCCN1CCC[C@@]2(CCN(C(=O)c3cc(C)n(CC)c3C)C2)C1=O. The standard InChI is InChI=1S/C20H31N3O2/c1-5-10-21-11-7-8-20(19(21)25)9-12-22(14-20)18(24)17-13-15(3)23(6-2)16(17)4/h13H,5-12,14H2,1-4H3/t20-/m0/s1. The molecule has 0 N–H and O–H groups in total. The second-order valence-electron chi connectivity index (χ2n) is 7.68. The molecule has 3 rings (SSSR count). The maximum atomic E-state index is 13.1. The normalized spacial score (nSPS) is 23.8. The smallest absolute Gasteiger partial charge is 0.255 e. The van der Waals surface area contributed by atoms with E-state index in [0.29, 0.717) is 13.1 Å². The Hall–Kier alpha value is -1.78. The van der Waals surface area contributed by atoms with Gasteiger partial charge in [0, 0.05) is 44.1 Å². The number of hydrogen-bond acceptors (Lipinski definition) is 2. The van der Waals surface area contributed by atoms with Crippen LogP contribution in [0, 0.1) is 19.3 Å². The topological polar surface area (TPSA) is 45.5 Å². The molecule has 2 fully saturated rings. The molecule has 0 bridgehead atoms. The van der Waals surface area contributed by atoms with E-state index < -0.39 is 0 Å². The molecule has 0 saturated carbocycles. The van der Waals surface area contributed by atoms with E-state index in [0.717, 1.165) is 62.3 Å². The highest BCUT2D eigenvalue weighted by Crippen LogP contribution is 2.40. The van der Waals surface area contributed by atoms with Crippen LogP contribution in [0.3, 0.4) is 0 Å². The highest BCUT2D eigenvalue weighted by atomic mass is 16.2. The van der Waals surface area contributed by atoms with E-state index >= 15 is 0 Å². The van der Waals surface area contributed by atoms with Crippen LogP contribution in [0.2, 0.25) is 0 Å². The molecule has 2 amide bonds. The number of aromatic nitrogens is 1. The van der Waals surface area contributed by atoms with E-state index in [2.05, 4.69) is 18.4 Å². The third kappa shape index (κ3) is 2.98. The summed E-state index contributed by atoms with van der Waals surface area (Å²) in [6.07, 6.45) is 3.78. The monoisotopic (exact) mass is 345 g/mol. The van der Waals surface area contributed by atoms with Gasteiger partial charge in [-0.2, -0.15) is 0 Å². The zero-order chi connectivity index (χ0) is 18.2. The third-order valence-electron chi connectivity index (χ3n) is 6.08. The van der Waals surface area contributed by atoms with Crippen LogP contribution in [0.25, 0.3) is 0 Å². The van der Waals surface area contributed by atoms with Crippen LogP contribution < -0.4 is 0 Å². The Morgan fingerprint density at radius 1 is 1.20 bits per heavy atom. The van der Waals surface area contributed by atoms with Gasteiger partial charge in [0.1, 0.15) is 0 Å². The van der Waals surface area contributed by atoms with E-state index in [1.165, 1.54) is 0 Å².